The molecule has 3 aromatic rings. The molecule has 0 radical (unpaired) electrons. The molecule has 11 nitrogen and oxygen atoms in total. The Balaban J connectivity index is 1.32. The molecule has 2 aromatic carbocycles. The normalized spacial score (nSPS) is 18.3. The molecule has 2 N–H and O–H groups in total. The molecule has 3 amide bonds. The van der Waals surface area contributed by atoms with Crippen molar-refractivity contribution in [2.24, 2.45) is 5.92 Å². The Morgan fingerprint density at radius 3 is 2.53 bits per heavy atom. The summed E-state index contributed by atoms with van der Waals surface area (Å²) >= 11 is 1.53. The first-order chi connectivity index (χ1) is 22.6. The lowest BCUT2D eigenvalue weighted by Gasteiger charge is -2.35. The van der Waals surface area contributed by atoms with Crippen molar-refractivity contribution in [3.63, 3.8) is 0 Å². The van der Waals surface area contributed by atoms with Crippen LogP contribution in [0.15, 0.2) is 48.0 Å². The van der Waals surface area contributed by atoms with Crippen molar-refractivity contribution < 1.29 is 33.7 Å². The van der Waals surface area contributed by atoms with Gasteiger partial charge >= 0.3 is 0 Å². The Bertz CT molecular complexity index is 1570. The van der Waals surface area contributed by atoms with E-state index < -0.39 is 24.5 Å². The van der Waals surface area contributed by atoms with Crippen LogP contribution in [-0.2, 0) is 32.2 Å². The predicted molar refractivity (Wildman–Crippen MR) is 178 cm³/mol. The number of aliphatic hydroxyl groups excluding tert-OH is 1. The van der Waals surface area contributed by atoms with Gasteiger partial charge in [0.05, 0.1) is 22.2 Å². The van der Waals surface area contributed by atoms with E-state index in [0.29, 0.717) is 31.1 Å². The molecule has 0 bridgehead atoms. The van der Waals surface area contributed by atoms with Gasteiger partial charge in [-0.15, -0.1) is 11.3 Å². The third kappa shape index (κ3) is 7.67. The van der Waals surface area contributed by atoms with Crippen LogP contribution < -0.4 is 10.1 Å². The number of hydrogen-bond donors (Lipinski definition) is 2. The van der Waals surface area contributed by atoms with Crippen LogP contribution in [0.1, 0.15) is 61.3 Å². The van der Waals surface area contributed by atoms with Gasteiger partial charge in [-0.3, -0.25) is 14.4 Å². The van der Waals surface area contributed by atoms with Crippen LogP contribution in [0, 0.1) is 12.8 Å². The Hall–Kier alpha value is -3.84. The van der Waals surface area contributed by atoms with Gasteiger partial charge in [0.15, 0.2) is 6.29 Å². The zero-order valence-corrected chi connectivity index (χ0v) is 28.4. The fraction of sp³-hybridized carbons (Fsp3) is 0.486. The third-order valence-electron chi connectivity index (χ3n) is 8.54. The van der Waals surface area contributed by atoms with Crippen LogP contribution in [0.25, 0.3) is 10.4 Å². The van der Waals surface area contributed by atoms with Crippen molar-refractivity contribution in [2.45, 2.75) is 78.6 Å². The van der Waals surface area contributed by atoms with Crippen LogP contribution in [0.4, 0.5) is 0 Å². The van der Waals surface area contributed by atoms with Crippen molar-refractivity contribution in [2.75, 3.05) is 26.4 Å². The maximum Gasteiger partial charge on any atom is 0.255 e. The minimum Gasteiger partial charge on any atom is -0.488 e. The lowest BCUT2D eigenvalue weighted by molar-refractivity contribution is -0.152. The molecule has 1 aromatic heterocycles. The molecule has 2 aliphatic heterocycles. The first-order valence-corrected chi connectivity index (χ1v) is 17.0. The van der Waals surface area contributed by atoms with E-state index in [4.69, 9.17) is 14.2 Å². The molecule has 0 aliphatic carbocycles. The number of rotatable bonds is 14. The largest absolute Gasteiger partial charge is 0.488 e. The second-order valence-corrected chi connectivity index (χ2v) is 13.0. The first kappa shape index (κ1) is 34.5. The van der Waals surface area contributed by atoms with Crippen LogP contribution in [-0.4, -0.2) is 88.5 Å². The number of amides is 3. The van der Waals surface area contributed by atoms with Gasteiger partial charge in [0.25, 0.3) is 5.91 Å². The summed E-state index contributed by atoms with van der Waals surface area (Å²) in [5.74, 6) is -0.577. The highest BCUT2D eigenvalue weighted by atomic mass is 32.1. The van der Waals surface area contributed by atoms with Crippen molar-refractivity contribution >= 4 is 29.1 Å². The number of nitrogens with one attached hydrogen (secondary N) is 1. The Morgan fingerprint density at radius 1 is 1.13 bits per heavy atom. The smallest absolute Gasteiger partial charge is 0.255 e. The molecule has 12 heteroatoms. The average molecular weight is 665 g/mol. The maximum absolute atomic E-state index is 14.1. The summed E-state index contributed by atoms with van der Waals surface area (Å²) in [6.45, 7) is 11.1. The number of carbonyl (C=O) groups excluding carboxylic acids is 3. The quantitative estimate of drug-likeness (QED) is 0.246. The van der Waals surface area contributed by atoms with E-state index in [-0.39, 0.29) is 49.8 Å². The van der Waals surface area contributed by atoms with Gasteiger partial charge < -0.3 is 34.4 Å². The average Bonchev–Trinajstić information content (AvgIpc) is 3.75. The van der Waals surface area contributed by atoms with Crippen molar-refractivity contribution in [3.05, 3.63) is 70.4 Å². The Kier molecular flexibility index (Phi) is 11.3. The number of aliphatic hydroxyl groups is 1. The van der Waals surface area contributed by atoms with Crippen LogP contribution >= 0.6 is 11.3 Å². The summed E-state index contributed by atoms with van der Waals surface area (Å²) in [4.78, 5) is 49.5. The molecule has 5 rings (SSSR count). The van der Waals surface area contributed by atoms with Crippen LogP contribution in [0.3, 0.4) is 0 Å². The molecular formula is C35H44N4O7S. The van der Waals surface area contributed by atoms with Gasteiger partial charge in [-0.25, -0.2) is 4.98 Å². The maximum atomic E-state index is 14.1. The molecular weight excluding hydrogens is 620 g/mol. The van der Waals surface area contributed by atoms with Crippen LogP contribution in [0.2, 0.25) is 0 Å². The molecule has 0 spiro atoms. The number of benzene rings is 2. The number of aryl methyl sites for hydroxylation is 1. The molecule has 3 heterocycles. The number of likely N-dealkylation sites (tertiary alicyclic amines) is 1. The number of aromatic nitrogens is 1. The molecule has 1 fully saturated rings. The lowest BCUT2D eigenvalue weighted by Crippen LogP contribution is -2.55. The molecule has 1 saturated heterocycles. The SMILES string of the molecule is CCOC(COc1cc(-c2scnc2C)ccc1CNC(=O)[C@@H]1C[C@@H](O)CN1C(=O)[C@H](C(C)C)N1Cc2ccccc2C1=O)OCC. The molecule has 47 heavy (non-hydrogen) atoms. The number of ether oxygens (including phenoxy) is 3. The number of carbonyl (C=O) groups is 3. The highest BCUT2D eigenvalue weighted by Gasteiger charge is 2.45. The summed E-state index contributed by atoms with van der Waals surface area (Å²) in [7, 11) is 0. The molecule has 2 aliphatic rings. The highest BCUT2D eigenvalue weighted by molar-refractivity contribution is 7.13. The molecule has 0 unspecified atom stereocenters. The first-order valence-electron chi connectivity index (χ1n) is 16.2. The van der Waals surface area contributed by atoms with Gasteiger partial charge in [0.1, 0.15) is 24.4 Å². The van der Waals surface area contributed by atoms with E-state index in [9.17, 15) is 19.5 Å². The van der Waals surface area contributed by atoms with E-state index in [2.05, 4.69) is 10.3 Å². The van der Waals surface area contributed by atoms with Crippen molar-refractivity contribution in [1.29, 1.82) is 0 Å². The minimum atomic E-state index is -0.886. The van der Waals surface area contributed by atoms with E-state index in [1.54, 1.807) is 16.5 Å². The number of hydrogen-bond acceptors (Lipinski definition) is 9. The van der Waals surface area contributed by atoms with Gasteiger partial charge in [0, 0.05) is 50.4 Å². The molecule has 0 saturated carbocycles. The van der Waals surface area contributed by atoms with E-state index in [1.165, 1.54) is 16.2 Å². The second kappa shape index (κ2) is 15.4. The zero-order chi connectivity index (χ0) is 33.7. The van der Waals surface area contributed by atoms with Gasteiger partial charge in [-0.2, -0.15) is 0 Å². The summed E-state index contributed by atoms with van der Waals surface area (Å²) < 4.78 is 17.5. The number of thiazole rings is 1. The summed E-state index contributed by atoms with van der Waals surface area (Å²) in [5, 5.41) is 13.6. The van der Waals surface area contributed by atoms with Gasteiger partial charge in [-0.1, -0.05) is 44.2 Å². The highest BCUT2D eigenvalue weighted by Crippen LogP contribution is 2.33. The Morgan fingerprint density at radius 2 is 1.87 bits per heavy atom. The van der Waals surface area contributed by atoms with Gasteiger partial charge in [-0.05, 0) is 49.9 Å². The fourth-order valence-corrected chi connectivity index (χ4v) is 7.09. The minimum absolute atomic E-state index is 0.0165. The second-order valence-electron chi connectivity index (χ2n) is 12.1. The standard InChI is InChI=1S/C35H44N4O7S/c1-6-44-30(45-7-2)19-46-29-14-23(32-22(5)37-20-47-32)12-13-24(29)16-36-33(41)28-15-26(40)18-38(28)35(43)31(21(3)4)39-17-25-10-8-9-11-27(25)34(39)42/h8-14,20-21,26,28,30-31,40H,6-7,15-19H2,1-5H3,(H,36,41)/t26-,28+,31+/m1/s1. The Labute approximate surface area is 279 Å². The van der Waals surface area contributed by atoms with E-state index in [1.807, 2.05) is 71.0 Å². The van der Waals surface area contributed by atoms with E-state index in [0.717, 1.165) is 27.3 Å². The monoisotopic (exact) mass is 664 g/mol. The summed E-state index contributed by atoms with van der Waals surface area (Å²) in [5.41, 5.74) is 5.83. The van der Waals surface area contributed by atoms with E-state index >= 15 is 0 Å². The van der Waals surface area contributed by atoms with Crippen molar-refractivity contribution in [3.8, 4) is 16.2 Å². The summed E-state index contributed by atoms with van der Waals surface area (Å²) in [6, 6.07) is 11.5. The molecule has 252 valence electrons. The predicted octanol–water partition coefficient (Wildman–Crippen LogP) is 4.16. The number of fused-ring (bicyclic) bond motifs is 1. The number of nitrogens with zero attached hydrogens (tertiary/aromatic N) is 3. The van der Waals surface area contributed by atoms with Crippen molar-refractivity contribution in [1.82, 2.24) is 20.1 Å². The van der Waals surface area contributed by atoms with Crippen LogP contribution in [0.5, 0.6) is 5.75 Å². The third-order valence-corrected chi connectivity index (χ3v) is 9.52. The fourth-order valence-electron chi connectivity index (χ4n) is 6.28. The number of β-amino-alcohol motifs (C(OH)–C–C–N with tert-alkyl or cyclic N) is 1. The summed E-state index contributed by atoms with van der Waals surface area (Å²) in [6.07, 6.45) is -1.30. The lowest BCUT2D eigenvalue weighted by atomic mass is 10.0. The van der Waals surface area contributed by atoms with Gasteiger partial charge in [0.2, 0.25) is 11.8 Å². The zero-order valence-electron chi connectivity index (χ0n) is 27.6. The topological polar surface area (TPSA) is 131 Å². The molecule has 3 atom stereocenters.